The van der Waals surface area contributed by atoms with Crippen LogP contribution in [0.3, 0.4) is 0 Å². The number of nitrogens with one attached hydrogen (secondary N) is 2. The van der Waals surface area contributed by atoms with E-state index in [0.717, 1.165) is 28.8 Å². The zero-order chi connectivity index (χ0) is 18.5. The first kappa shape index (κ1) is 16.6. The van der Waals surface area contributed by atoms with E-state index in [1.807, 2.05) is 35.8 Å². The summed E-state index contributed by atoms with van der Waals surface area (Å²) in [5, 5.41) is 5.47. The first-order valence-corrected chi connectivity index (χ1v) is 8.83. The summed E-state index contributed by atoms with van der Waals surface area (Å²) in [7, 11) is 0. The van der Waals surface area contributed by atoms with Crippen LogP contribution in [-0.2, 0) is 16.1 Å². The second-order valence-electron chi connectivity index (χ2n) is 7.01. The Hall–Kier alpha value is -2.90. The number of hydrogen-bond acceptors (Lipinski definition) is 4. The minimum absolute atomic E-state index is 0.163. The Bertz CT molecular complexity index is 917. The Morgan fingerprint density at radius 2 is 2.08 bits per heavy atom. The zero-order valence-electron chi connectivity index (χ0n) is 14.8. The summed E-state index contributed by atoms with van der Waals surface area (Å²) in [6.45, 7) is 4.01. The van der Waals surface area contributed by atoms with Crippen molar-refractivity contribution in [2.24, 2.45) is 5.92 Å². The molecule has 2 N–H and O–H groups in total. The van der Waals surface area contributed by atoms with Gasteiger partial charge in [0.2, 0.25) is 11.9 Å². The lowest BCUT2D eigenvalue weighted by Gasteiger charge is -2.20. The van der Waals surface area contributed by atoms with Crippen molar-refractivity contribution in [2.75, 3.05) is 11.9 Å². The van der Waals surface area contributed by atoms with Crippen LogP contribution in [-0.4, -0.2) is 44.4 Å². The Morgan fingerprint density at radius 1 is 1.35 bits per heavy atom. The van der Waals surface area contributed by atoms with Gasteiger partial charge in [-0.1, -0.05) is 12.1 Å². The molecule has 4 amide bonds. The molecule has 0 unspecified atom stereocenters. The van der Waals surface area contributed by atoms with Gasteiger partial charge in [0.05, 0.1) is 11.0 Å². The molecule has 1 aliphatic carbocycles. The highest BCUT2D eigenvalue weighted by atomic mass is 16.2. The van der Waals surface area contributed by atoms with Crippen LogP contribution in [0.1, 0.15) is 26.7 Å². The number of anilines is 1. The summed E-state index contributed by atoms with van der Waals surface area (Å²) in [4.78, 5) is 42.7. The first-order chi connectivity index (χ1) is 12.4. The number of fused-ring (bicyclic) bond motifs is 1. The van der Waals surface area contributed by atoms with Crippen LogP contribution in [0.2, 0.25) is 0 Å². The molecule has 8 heteroatoms. The van der Waals surface area contributed by atoms with E-state index in [9.17, 15) is 14.4 Å². The van der Waals surface area contributed by atoms with Gasteiger partial charge in [-0.2, -0.15) is 0 Å². The molecular formula is C18H21N5O3. The summed E-state index contributed by atoms with van der Waals surface area (Å²) in [5.74, 6) is -0.199. The fraction of sp³-hybridized carbons (Fsp3) is 0.444. The number of imide groups is 1. The van der Waals surface area contributed by atoms with Crippen molar-refractivity contribution < 1.29 is 14.4 Å². The second kappa shape index (κ2) is 5.82. The normalized spacial score (nSPS) is 22.8. The number of urea groups is 1. The Morgan fingerprint density at radius 3 is 2.77 bits per heavy atom. The Kier molecular flexibility index (Phi) is 3.71. The molecule has 136 valence electrons. The molecule has 2 heterocycles. The molecule has 8 nitrogen and oxygen atoms in total. The van der Waals surface area contributed by atoms with Crippen LogP contribution in [0, 0.1) is 5.92 Å². The zero-order valence-corrected chi connectivity index (χ0v) is 14.8. The molecule has 26 heavy (non-hydrogen) atoms. The monoisotopic (exact) mass is 355 g/mol. The summed E-state index contributed by atoms with van der Waals surface area (Å²) >= 11 is 0. The number of hydrogen-bond donors (Lipinski definition) is 2. The van der Waals surface area contributed by atoms with Crippen molar-refractivity contribution in [1.29, 1.82) is 0 Å². The number of aryl methyl sites for hydroxylation is 1. The number of amides is 4. The highest BCUT2D eigenvalue weighted by Gasteiger charge is 2.56. The fourth-order valence-electron chi connectivity index (χ4n) is 3.60. The van der Waals surface area contributed by atoms with Gasteiger partial charge in [-0.3, -0.25) is 19.8 Å². The second-order valence-corrected chi connectivity index (χ2v) is 7.01. The van der Waals surface area contributed by atoms with Crippen LogP contribution < -0.4 is 10.6 Å². The minimum atomic E-state index is -0.881. The van der Waals surface area contributed by atoms with Gasteiger partial charge in [0, 0.05) is 6.54 Å². The van der Waals surface area contributed by atoms with E-state index in [4.69, 9.17) is 0 Å². The van der Waals surface area contributed by atoms with Crippen molar-refractivity contribution in [1.82, 2.24) is 19.8 Å². The molecule has 1 saturated carbocycles. The number of carbonyl (C=O) groups excluding carboxylic acids is 3. The van der Waals surface area contributed by atoms with Crippen molar-refractivity contribution in [3.05, 3.63) is 24.3 Å². The highest BCUT2D eigenvalue weighted by Crippen LogP contribution is 2.42. The lowest BCUT2D eigenvalue weighted by atomic mass is 9.96. The topological polar surface area (TPSA) is 96.3 Å². The summed E-state index contributed by atoms with van der Waals surface area (Å²) in [6.07, 6.45) is 1.84. The molecule has 4 rings (SSSR count). The SMILES string of the molecule is CCn1c(NC(=O)CN2C(=O)N[C@](C)(C3CC3)C2=O)nc2ccccc21. The third-order valence-electron chi connectivity index (χ3n) is 5.22. The van der Waals surface area contributed by atoms with E-state index < -0.39 is 17.5 Å². The van der Waals surface area contributed by atoms with Crippen LogP contribution in [0.4, 0.5) is 10.7 Å². The number of imidazole rings is 1. The summed E-state index contributed by atoms with van der Waals surface area (Å²) in [5.41, 5.74) is 0.816. The molecule has 2 aromatic rings. The van der Waals surface area contributed by atoms with Crippen LogP contribution in [0.15, 0.2) is 24.3 Å². The van der Waals surface area contributed by atoms with E-state index in [1.54, 1.807) is 6.92 Å². The first-order valence-electron chi connectivity index (χ1n) is 8.83. The molecule has 2 aliphatic rings. The quantitative estimate of drug-likeness (QED) is 0.798. The average Bonchev–Trinajstić information content (AvgIpc) is 3.37. The van der Waals surface area contributed by atoms with Crippen molar-refractivity contribution in [3.63, 3.8) is 0 Å². The van der Waals surface area contributed by atoms with E-state index in [1.165, 1.54) is 0 Å². The minimum Gasteiger partial charge on any atom is -0.323 e. The lowest BCUT2D eigenvalue weighted by Crippen LogP contribution is -2.46. The molecule has 1 aromatic heterocycles. The molecule has 0 radical (unpaired) electrons. The van der Waals surface area contributed by atoms with Crippen molar-refractivity contribution in [3.8, 4) is 0 Å². The van der Waals surface area contributed by atoms with E-state index in [2.05, 4.69) is 15.6 Å². The number of nitrogens with zero attached hydrogens (tertiary/aromatic N) is 3. The van der Waals surface area contributed by atoms with Gasteiger partial charge < -0.3 is 9.88 Å². The number of aromatic nitrogens is 2. The van der Waals surface area contributed by atoms with Crippen molar-refractivity contribution in [2.45, 2.75) is 38.8 Å². The smallest absolute Gasteiger partial charge is 0.323 e. The third kappa shape index (κ3) is 2.53. The Balaban J connectivity index is 1.51. The largest absolute Gasteiger partial charge is 0.325 e. The van der Waals surface area contributed by atoms with Crippen LogP contribution in [0.5, 0.6) is 0 Å². The molecular weight excluding hydrogens is 334 g/mol. The number of carbonyl (C=O) groups is 3. The number of benzene rings is 1. The summed E-state index contributed by atoms with van der Waals surface area (Å²) < 4.78 is 1.88. The average molecular weight is 355 g/mol. The molecule has 1 aliphatic heterocycles. The maximum absolute atomic E-state index is 12.6. The molecule has 0 spiro atoms. The predicted molar refractivity (Wildman–Crippen MR) is 95.4 cm³/mol. The van der Waals surface area contributed by atoms with Gasteiger partial charge in [-0.25, -0.2) is 9.78 Å². The van der Waals surface area contributed by atoms with Crippen molar-refractivity contribution >= 4 is 34.8 Å². The fourth-order valence-corrected chi connectivity index (χ4v) is 3.60. The third-order valence-corrected chi connectivity index (χ3v) is 5.22. The van der Waals surface area contributed by atoms with Crippen LogP contribution >= 0.6 is 0 Å². The number of para-hydroxylation sites is 2. The molecule has 1 aromatic carbocycles. The maximum atomic E-state index is 12.6. The van der Waals surface area contributed by atoms with Crippen LogP contribution in [0.25, 0.3) is 11.0 Å². The predicted octanol–water partition coefficient (Wildman–Crippen LogP) is 1.72. The molecule has 1 saturated heterocycles. The summed E-state index contributed by atoms with van der Waals surface area (Å²) in [6, 6.07) is 7.08. The molecule has 2 fully saturated rings. The van der Waals surface area contributed by atoms with Gasteiger partial charge in [-0.15, -0.1) is 0 Å². The molecule has 0 bridgehead atoms. The molecule has 1 atom stereocenters. The van der Waals surface area contributed by atoms with Gasteiger partial charge >= 0.3 is 6.03 Å². The Labute approximate surface area is 150 Å². The van der Waals surface area contributed by atoms with Gasteiger partial charge in [0.25, 0.3) is 5.91 Å². The van der Waals surface area contributed by atoms with Gasteiger partial charge in [0.1, 0.15) is 12.1 Å². The standard InChI is InChI=1S/C18H21N5O3/c1-3-22-13-7-5-4-6-12(13)19-16(22)20-14(24)10-23-15(25)18(2,11-8-9-11)21-17(23)26/h4-7,11H,3,8-10H2,1-2H3,(H,21,26)(H,19,20,24)/t18-/m1/s1. The van der Waals surface area contributed by atoms with Gasteiger partial charge in [0.15, 0.2) is 0 Å². The number of rotatable bonds is 5. The lowest BCUT2D eigenvalue weighted by molar-refractivity contribution is -0.134. The van der Waals surface area contributed by atoms with E-state index >= 15 is 0 Å². The van der Waals surface area contributed by atoms with Gasteiger partial charge in [-0.05, 0) is 44.7 Å². The maximum Gasteiger partial charge on any atom is 0.325 e. The highest BCUT2D eigenvalue weighted by molar-refractivity contribution is 6.10. The van der Waals surface area contributed by atoms with E-state index in [0.29, 0.717) is 12.5 Å². The van der Waals surface area contributed by atoms with E-state index in [-0.39, 0.29) is 18.4 Å².